The van der Waals surface area contributed by atoms with Gasteiger partial charge < -0.3 is 10.2 Å². The van der Waals surface area contributed by atoms with Gasteiger partial charge in [-0.1, -0.05) is 0 Å². The lowest BCUT2D eigenvalue weighted by molar-refractivity contribution is -0.192. The summed E-state index contributed by atoms with van der Waals surface area (Å²) >= 11 is 0. The van der Waals surface area contributed by atoms with E-state index in [1.807, 2.05) is 0 Å². The summed E-state index contributed by atoms with van der Waals surface area (Å²) in [5.74, 6) is -3.65. The number of fused-ring (bicyclic) bond motifs is 1. The molecule has 9 heteroatoms. The van der Waals surface area contributed by atoms with Crippen LogP contribution < -0.4 is 0 Å². The number of alkyl halides is 3. The fourth-order valence-corrected chi connectivity index (χ4v) is 1.31. The average molecular weight is 302 g/mol. The lowest BCUT2D eigenvalue weighted by atomic mass is 9.98. The van der Waals surface area contributed by atoms with E-state index in [1.54, 1.807) is 30.8 Å². The Hall–Kier alpha value is -2.71. The van der Waals surface area contributed by atoms with E-state index >= 15 is 0 Å². The molecule has 1 aliphatic carbocycles. The van der Waals surface area contributed by atoms with Crippen molar-refractivity contribution in [2.45, 2.75) is 12.6 Å². The van der Waals surface area contributed by atoms with Crippen LogP contribution in [0.25, 0.3) is 0 Å². The van der Waals surface area contributed by atoms with E-state index in [0.29, 0.717) is 12.0 Å². The highest BCUT2D eigenvalue weighted by Crippen LogP contribution is 2.26. The maximum absolute atomic E-state index is 10.7. The Morgan fingerprint density at radius 1 is 1.14 bits per heavy atom. The molecule has 0 aromatic carbocycles. The van der Waals surface area contributed by atoms with Crippen molar-refractivity contribution in [3.63, 3.8) is 0 Å². The zero-order chi connectivity index (χ0) is 16.0. The number of nitrogens with zero attached hydrogens (tertiary/aromatic N) is 2. The molecule has 0 unspecified atom stereocenters. The van der Waals surface area contributed by atoms with E-state index < -0.39 is 18.1 Å². The third-order valence-corrected chi connectivity index (χ3v) is 2.27. The van der Waals surface area contributed by atoms with Crippen molar-refractivity contribution < 1.29 is 33.0 Å². The molecular formula is C12H9F3N2O4. The largest absolute Gasteiger partial charge is 0.490 e. The van der Waals surface area contributed by atoms with Gasteiger partial charge in [-0.25, -0.2) is 9.59 Å². The van der Waals surface area contributed by atoms with E-state index in [0.717, 1.165) is 11.3 Å². The number of rotatable bonds is 1. The first-order valence-electron chi connectivity index (χ1n) is 5.41. The smallest absolute Gasteiger partial charge is 0.478 e. The quantitative estimate of drug-likeness (QED) is 0.773. The summed E-state index contributed by atoms with van der Waals surface area (Å²) in [6.45, 7) is 0. The van der Waals surface area contributed by atoms with Crippen molar-refractivity contribution in [2.24, 2.45) is 9.98 Å². The maximum Gasteiger partial charge on any atom is 0.490 e. The molecule has 2 N–H and O–H groups in total. The number of hydrogen-bond acceptors (Lipinski definition) is 4. The second kappa shape index (κ2) is 6.64. The van der Waals surface area contributed by atoms with E-state index in [4.69, 9.17) is 15.0 Å². The molecule has 0 bridgehead atoms. The van der Waals surface area contributed by atoms with Gasteiger partial charge in [0.15, 0.2) is 0 Å². The Labute approximate surface area is 116 Å². The zero-order valence-electron chi connectivity index (χ0n) is 10.3. The molecule has 2 aliphatic rings. The second-order valence-corrected chi connectivity index (χ2v) is 3.76. The molecule has 0 atom stereocenters. The summed E-state index contributed by atoms with van der Waals surface area (Å²) in [4.78, 5) is 27.7. The van der Waals surface area contributed by atoms with Gasteiger partial charge in [0, 0.05) is 36.2 Å². The normalized spacial score (nSPS) is 16.4. The van der Waals surface area contributed by atoms with Crippen LogP contribution in [-0.2, 0) is 9.59 Å². The first kappa shape index (κ1) is 16.3. The molecule has 21 heavy (non-hydrogen) atoms. The molecule has 0 aromatic heterocycles. The van der Waals surface area contributed by atoms with Crippen molar-refractivity contribution in [1.29, 1.82) is 0 Å². The van der Waals surface area contributed by atoms with Gasteiger partial charge in [0.05, 0.1) is 5.70 Å². The number of aliphatic imine (C=N–C) groups is 2. The van der Waals surface area contributed by atoms with Crippen molar-refractivity contribution in [3.05, 3.63) is 35.2 Å². The molecule has 0 saturated carbocycles. The summed E-state index contributed by atoms with van der Waals surface area (Å²) in [7, 11) is 0. The Morgan fingerprint density at radius 2 is 1.76 bits per heavy atom. The van der Waals surface area contributed by atoms with Gasteiger partial charge in [-0.05, 0) is 12.2 Å². The Bertz CT molecular complexity index is 598. The summed E-state index contributed by atoms with van der Waals surface area (Å²) in [6.07, 6.45) is 3.40. The average Bonchev–Trinajstić information content (AvgIpc) is 2.62. The van der Waals surface area contributed by atoms with Gasteiger partial charge in [-0.2, -0.15) is 13.2 Å². The van der Waals surface area contributed by atoms with Crippen LogP contribution in [0.15, 0.2) is 45.2 Å². The summed E-state index contributed by atoms with van der Waals surface area (Å²) < 4.78 is 31.7. The highest BCUT2D eigenvalue weighted by molar-refractivity contribution is 6.17. The molecular weight excluding hydrogens is 293 g/mol. The predicted octanol–water partition coefficient (Wildman–Crippen LogP) is 1.96. The minimum atomic E-state index is -5.08. The number of aliphatic carboxylic acids is 2. The van der Waals surface area contributed by atoms with Crippen LogP contribution in [0, 0.1) is 0 Å². The first-order chi connectivity index (χ1) is 9.71. The third kappa shape index (κ3) is 5.05. The molecule has 0 fully saturated rings. The number of carboxylic acid groups (broad SMARTS) is 2. The highest BCUT2D eigenvalue weighted by atomic mass is 19.4. The minimum Gasteiger partial charge on any atom is -0.478 e. The molecule has 0 radical (unpaired) electrons. The third-order valence-electron chi connectivity index (χ3n) is 2.27. The van der Waals surface area contributed by atoms with Crippen molar-refractivity contribution in [2.75, 3.05) is 0 Å². The summed E-state index contributed by atoms with van der Waals surface area (Å²) in [6, 6.07) is 0. The van der Waals surface area contributed by atoms with Gasteiger partial charge >= 0.3 is 18.1 Å². The molecule has 1 heterocycles. The number of halogens is 3. The van der Waals surface area contributed by atoms with E-state index in [1.165, 1.54) is 0 Å². The Kier molecular flexibility index (Phi) is 5.17. The molecule has 1 aliphatic heterocycles. The Morgan fingerprint density at radius 3 is 2.29 bits per heavy atom. The number of carboxylic acids is 2. The van der Waals surface area contributed by atoms with Crippen molar-refractivity contribution in [1.82, 2.24) is 0 Å². The molecule has 0 spiro atoms. The van der Waals surface area contributed by atoms with Gasteiger partial charge in [0.25, 0.3) is 0 Å². The number of hydrogen-bond donors (Lipinski definition) is 2. The van der Waals surface area contributed by atoms with E-state index in [9.17, 15) is 18.0 Å². The molecule has 2 rings (SSSR count). The van der Waals surface area contributed by atoms with Crippen LogP contribution >= 0.6 is 0 Å². The van der Waals surface area contributed by atoms with Gasteiger partial charge in [-0.3, -0.25) is 9.98 Å². The predicted molar refractivity (Wildman–Crippen MR) is 67.2 cm³/mol. The lowest BCUT2D eigenvalue weighted by Crippen LogP contribution is -2.21. The first-order valence-corrected chi connectivity index (χ1v) is 5.41. The minimum absolute atomic E-state index is 0.368. The standard InChI is InChI=1S/C10H8N2O2.C2HF3O2/c13-10(14)7-1-2-9-8(5-7)6-11-3-4-12-9;3-2(4,5)1(6)7/h1-4,6H,5H2,(H,13,14);(H,6,7). The van der Waals surface area contributed by atoms with E-state index in [-0.39, 0.29) is 0 Å². The molecule has 0 aromatic rings. The fourth-order valence-electron chi connectivity index (χ4n) is 1.31. The van der Waals surface area contributed by atoms with Crippen LogP contribution in [0.2, 0.25) is 0 Å². The zero-order valence-corrected chi connectivity index (χ0v) is 10.3. The fraction of sp³-hybridized carbons (Fsp3) is 0.167. The number of carbonyl (C=O) groups is 2. The maximum atomic E-state index is 10.7. The Balaban J connectivity index is 0.000000270. The molecule has 0 amide bonds. The van der Waals surface area contributed by atoms with Crippen molar-refractivity contribution in [3.8, 4) is 0 Å². The topological polar surface area (TPSA) is 99.3 Å². The van der Waals surface area contributed by atoms with Crippen LogP contribution in [0.3, 0.4) is 0 Å². The van der Waals surface area contributed by atoms with Gasteiger partial charge in [0.2, 0.25) is 0 Å². The van der Waals surface area contributed by atoms with Crippen LogP contribution in [0.5, 0.6) is 0 Å². The lowest BCUT2D eigenvalue weighted by Gasteiger charge is -2.10. The molecule has 112 valence electrons. The second-order valence-electron chi connectivity index (χ2n) is 3.76. The van der Waals surface area contributed by atoms with E-state index in [2.05, 4.69) is 9.98 Å². The monoisotopic (exact) mass is 302 g/mol. The van der Waals surface area contributed by atoms with Gasteiger partial charge in [-0.15, -0.1) is 0 Å². The van der Waals surface area contributed by atoms with Crippen molar-refractivity contribution >= 4 is 24.4 Å². The molecule has 6 nitrogen and oxygen atoms in total. The number of allylic oxidation sites excluding steroid dienone is 3. The van der Waals surface area contributed by atoms with Crippen LogP contribution in [-0.4, -0.2) is 40.8 Å². The van der Waals surface area contributed by atoms with Crippen LogP contribution in [0.4, 0.5) is 13.2 Å². The molecule has 0 saturated heterocycles. The van der Waals surface area contributed by atoms with Crippen LogP contribution in [0.1, 0.15) is 6.42 Å². The summed E-state index contributed by atoms with van der Waals surface area (Å²) in [5, 5.41) is 15.9. The highest BCUT2D eigenvalue weighted by Gasteiger charge is 2.38. The van der Waals surface area contributed by atoms with Gasteiger partial charge in [0.1, 0.15) is 0 Å². The summed E-state index contributed by atoms with van der Waals surface area (Å²) in [5.41, 5.74) is 2.00. The SMILES string of the molecule is O=C(O)C(F)(F)F.O=C(O)C1=CC=C2N=CC=NC=C2C1.